The molecule has 0 saturated carbocycles. The summed E-state index contributed by atoms with van der Waals surface area (Å²) in [5.41, 5.74) is 2.53. The standard InChI is InChI=1S/C14H25N3O3/c1-10(2)9-20-16-14(19)17-6-4-3-5-12(17)11-7-13(18)15-8-11/h10-12H,3-9H2,1-2H3,(H,15,18)(H,16,19)/t11-,12+/m0/s1. The van der Waals surface area contributed by atoms with Crippen LogP contribution in [0.2, 0.25) is 0 Å². The molecule has 2 heterocycles. The summed E-state index contributed by atoms with van der Waals surface area (Å²) in [7, 11) is 0. The highest BCUT2D eigenvalue weighted by Crippen LogP contribution is 2.27. The molecule has 3 amide bonds. The first-order valence-corrected chi connectivity index (χ1v) is 7.53. The highest BCUT2D eigenvalue weighted by Gasteiger charge is 2.36. The number of likely N-dealkylation sites (tertiary alicyclic amines) is 1. The van der Waals surface area contributed by atoms with Gasteiger partial charge in [-0.05, 0) is 25.2 Å². The van der Waals surface area contributed by atoms with E-state index in [1.807, 2.05) is 18.7 Å². The lowest BCUT2D eigenvalue weighted by Gasteiger charge is -2.38. The molecule has 0 unspecified atom stereocenters. The number of piperidine rings is 1. The van der Waals surface area contributed by atoms with Gasteiger partial charge in [0.1, 0.15) is 0 Å². The molecule has 2 N–H and O–H groups in total. The molecular weight excluding hydrogens is 258 g/mol. The minimum absolute atomic E-state index is 0.0944. The van der Waals surface area contributed by atoms with Crippen LogP contribution in [0, 0.1) is 11.8 Å². The summed E-state index contributed by atoms with van der Waals surface area (Å²) < 4.78 is 0. The van der Waals surface area contributed by atoms with E-state index in [0.717, 1.165) is 25.8 Å². The maximum Gasteiger partial charge on any atom is 0.341 e. The van der Waals surface area contributed by atoms with E-state index >= 15 is 0 Å². The molecule has 20 heavy (non-hydrogen) atoms. The van der Waals surface area contributed by atoms with Crippen molar-refractivity contribution in [2.24, 2.45) is 11.8 Å². The van der Waals surface area contributed by atoms with Gasteiger partial charge >= 0.3 is 6.03 Å². The molecule has 0 aliphatic carbocycles. The first-order chi connectivity index (χ1) is 9.58. The number of nitrogens with one attached hydrogen (secondary N) is 2. The molecule has 2 atom stereocenters. The van der Waals surface area contributed by atoms with Crippen LogP contribution in [0.3, 0.4) is 0 Å². The van der Waals surface area contributed by atoms with Crippen molar-refractivity contribution in [3.63, 3.8) is 0 Å². The van der Waals surface area contributed by atoms with Crippen molar-refractivity contribution in [3.05, 3.63) is 0 Å². The summed E-state index contributed by atoms with van der Waals surface area (Å²) in [6.45, 7) is 6.00. The molecule has 2 rings (SSSR count). The molecular formula is C14H25N3O3. The maximum atomic E-state index is 12.2. The zero-order chi connectivity index (χ0) is 14.5. The van der Waals surface area contributed by atoms with Crippen LogP contribution in [0.1, 0.15) is 39.5 Å². The van der Waals surface area contributed by atoms with Gasteiger partial charge in [0.15, 0.2) is 0 Å². The van der Waals surface area contributed by atoms with Gasteiger partial charge in [-0.25, -0.2) is 10.3 Å². The topological polar surface area (TPSA) is 70.7 Å². The monoisotopic (exact) mass is 283 g/mol. The van der Waals surface area contributed by atoms with E-state index in [0.29, 0.717) is 25.5 Å². The van der Waals surface area contributed by atoms with E-state index in [4.69, 9.17) is 4.84 Å². The largest absolute Gasteiger partial charge is 0.356 e. The Morgan fingerprint density at radius 3 is 2.95 bits per heavy atom. The van der Waals surface area contributed by atoms with E-state index in [2.05, 4.69) is 10.8 Å². The second-order valence-corrected chi connectivity index (χ2v) is 6.14. The van der Waals surface area contributed by atoms with Crippen molar-refractivity contribution in [3.8, 4) is 0 Å². The molecule has 6 heteroatoms. The lowest BCUT2D eigenvalue weighted by Crippen LogP contribution is -2.52. The van der Waals surface area contributed by atoms with Crippen molar-refractivity contribution in [2.45, 2.75) is 45.6 Å². The normalized spacial score (nSPS) is 26.8. The number of urea groups is 1. The zero-order valence-corrected chi connectivity index (χ0v) is 12.4. The highest BCUT2D eigenvalue weighted by atomic mass is 16.7. The van der Waals surface area contributed by atoms with E-state index in [1.165, 1.54) is 0 Å². The predicted molar refractivity (Wildman–Crippen MR) is 74.8 cm³/mol. The Kier molecular flexibility index (Phi) is 5.23. The second kappa shape index (κ2) is 6.92. The van der Waals surface area contributed by atoms with Crippen molar-refractivity contribution < 1.29 is 14.4 Å². The molecule has 0 radical (unpaired) electrons. The van der Waals surface area contributed by atoms with Crippen LogP contribution in [-0.2, 0) is 9.63 Å². The van der Waals surface area contributed by atoms with Crippen LogP contribution in [-0.4, -0.2) is 42.6 Å². The average Bonchev–Trinajstić information content (AvgIpc) is 2.85. The van der Waals surface area contributed by atoms with Gasteiger partial charge in [0.25, 0.3) is 0 Å². The van der Waals surface area contributed by atoms with Gasteiger partial charge in [-0.3, -0.25) is 9.63 Å². The van der Waals surface area contributed by atoms with Gasteiger partial charge in [-0.15, -0.1) is 0 Å². The smallest absolute Gasteiger partial charge is 0.341 e. The van der Waals surface area contributed by atoms with Crippen LogP contribution < -0.4 is 10.8 Å². The first kappa shape index (κ1) is 15.1. The van der Waals surface area contributed by atoms with Gasteiger partial charge in [0, 0.05) is 31.5 Å². The Hall–Kier alpha value is -1.30. The quantitative estimate of drug-likeness (QED) is 0.763. The summed E-state index contributed by atoms with van der Waals surface area (Å²) >= 11 is 0. The molecule has 0 spiro atoms. The van der Waals surface area contributed by atoms with Crippen LogP contribution in [0.4, 0.5) is 4.79 Å². The van der Waals surface area contributed by atoms with Crippen molar-refractivity contribution in [1.29, 1.82) is 0 Å². The number of hydrogen-bond acceptors (Lipinski definition) is 3. The minimum atomic E-state index is -0.172. The van der Waals surface area contributed by atoms with Crippen LogP contribution in [0.15, 0.2) is 0 Å². The number of amides is 3. The summed E-state index contributed by atoms with van der Waals surface area (Å²) in [6, 6.07) is -0.0277. The van der Waals surface area contributed by atoms with Gasteiger partial charge in [0.2, 0.25) is 5.91 Å². The average molecular weight is 283 g/mol. The number of hydroxylamine groups is 1. The fourth-order valence-corrected chi connectivity index (χ4v) is 2.93. The Labute approximate surface area is 120 Å². The van der Waals surface area contributed by atoms with Gasteiger partial charge in [-0.2, -0.15) is 0 Å². The number of carbonyl (C=O) groups is 2. The molecule has 2 aliphatic rings. The number of hydrogen-bond donors (Lipinski definition) is 2. The SMILES string of the molecule is CC(C)CONC(=O)N1CCCC[C@@H]1[C@@H]1CNC(=O)C1. The molecule has 2 aliphatic heterocycles. The maximum absolute atomic E-state index is 12.2. The number of rotatable bonds is 4. The highest BCUT2D eigenvalue weighted by molar-refractivity contribution is 5.79. The lowest BCUT2D eigenvalue weighted by molar-refractivity contribution is -0.119. The number of carbonyl (C=O) groups excluding carboxylic acids is 2. The molecule has 2 fully saturated rings. The molecule has 0 aromatic rings. The molecule has 0 aromatic carbocycles. The Morgan fingerprint density at radius 1 is 1.50 bits per heavy atom. The summed E-state index contributed by atoms with van der Waals surface area (Å²) in [4.78, 5) is 30.6. The Bertz CT molecular complexity index is 360. The predicted octanol–water partition coefficient (Wildman–Crippen LogP) is 1.27. The fourth-order valence-electron chi connectivity index (χ4n) is 2.93. The molecule has 0 bridgehead atoms. The van der Waals surface area contributed by atoms with Crippen molar-refractivity contribution in [1.82, 2.24) is 15.7 Å². The van der Waals surface area contributed by atoms with Crippen LogP contribution in [0.25, 0.3) is 0 Å². The lowest BCUT2D eigenvalue weighted by atomic mass is 9.90. The third-order valence-electron chi connectivity index (χ3n) is 3.94. The molecule has 0 aromatic heterocycles. The van der Waals surface area contributed by atoms with Crippen molar-refractivity contribution in [2.75, 3.05) is 19.7 Å². The number of nitrogens with zero attached hydrogens (tertiary/aromatic N) is 1. The van der Waals surface area contributed by atoms with Gasteiger partial charge in [-0.1, -0.05) is 13.8 Å². The summed E-state index contributed by atoms with van der Waals surface area (Å²) in [5, 5.41) is 2.86. The van der Waals surface area contributed by atoms with Crippen LogP contribution >= 0.6 is 0 Å². The Balaban J connectivity index is 1.89. The summed E-state index contributed by atoms with van der Waals surface area (Å²) in [6.07, 6.45) is 3.63. The van der Waals surface area contributed by atoms with E-state index in [-0.39, 0.29) is 23.9 Å². The third-order valence-corrected chi connectivity index (χ3v) is 3.94. The Morgan fingerprint density at radius 2 is 2.30 bits per heavy atom. The zero-order valence-electron chi connectivity index (χ0n) is 12.4. The molecule has 6 nitrogen and oxygen atoms in total. The first-order valence-electron chi connectivity index (χ1n) is 7.53. The minimum Gasteiger partial charge on any atom is -0.356 e. The molecule has 2 saturated heterocycles. The third kappa shape index (κ3) is 3.85. The van der Waals surface area contributed by atoms with Crippen molar-refractivity contribution >= 4 is 11.9 Å². The van der Waals surface area contributed by atoms with E-state index in [9.17, 15) is 9.59 Å². The molecule has 114 valence electrons. The van der Waals surface area contributed by atoms with Gasteiger partial charge in [0.05, 0.1) is 6.61 Å². The fraction of sp³-hybridized carbons (Fsp3) is 0.857. The van der Waals surface area contributed by atoms with Gasteiger partial charge < -0.3 is 10.2 Å². The van der Waals surface area contributed by atoms with E-state index < -0.39 is 0 Å². The second-order valence-electron chi connectivity index (χ2n) is 6.14. The van der Waals surface area contributed by atoms with Crippen LogP contribution in [0.5, 0.6) is 0 Å². The van der Waals surface area contributed by atoms with E-state index in [1.54, 1.807) is 0 Å². The summed E-state index contributed by atoms with van der Waals surface area (Å²) in [5.74, 6) is 0.708.